The molecule has 1 aromatic heterocycles. The molecule has 1 aromatic carbocycles. The minimum atomic E-state index is 0.156. The van der Waals surface area contributed by atoms with Crippen LogP contribution in [0.1, 0.15) is 31.0 Å². The molecule has 1 heterocycles. The van der Waals surface area contributed by atoms with Gasteiger partial charge in [0.05, 0.1) is 26.5 Å². The van der Waals surface area contributed by atoms with E-state index in [1.54, 1.807) is 13.2 Å². The zero-order valence-electron chi connectivity index (χ0n) is 15.7. The largest absolute Gasteiger partial charge is 0.481 e. The van der Waals surface area contributed by atoms with E-state index in [4.69, 9.17) is 9.47 Å². The molecule has 0 amide bonds. The third-order valence-corrected chi connectivity index (χ3v) is 3.95. The number of aliphatic hydroxyl groups is 1. The van der Waals surface area contributed by atoms with Crippen LogP contribution in [0.15, 0.2) is 30.3 Å². The molecule has 1 N–H and O–H groups in total. The first kappa shape index (κ1) is 19.7. The lowest BCUT2D eigenvalue weighted by Crippen LogP contribution is -2.27. The maximum atomic E-state index is 9.26. The van der Waals surface area contributed by atoms with Gasteiger partial charge in [-0.15, -0.1) is 0 Å². The minimum absolute atomic E-state index is 0.156. The molecule has 0 atom stereocenters. The van der Waals surface area contributed by atoms with Gasteiger partial charge in [-0.05, 0) is 30.2 Å². The number of hydrogen-bond acceptors (Lipinski definition) is 6. The first-order chi connectivity index (χ1) is 12.7. The number of methoxy groups -OCH3 is 2. The van der Waals surface area contributed by atoms with E-state index in [-0.39, 0.29) is 12.6 Å². The SMILES string of the molecule is CCCCN(CCO)c1ccc(/C=C/c2cc(OC)nc(OC)n2)cc1. The number of aromatic nitrogens is 2. The quantitative estimate of drug-likeness (QED) is 0.704. The molecule has 0 unspecified atom stereocenters. The molecular weight excluding hydrogens is 330 g/mol. The highest BCUT2D eigenvalue weighted by Crippen LogP contribution is 2.19. The first-order valence-electron chi connectivity index (χ1n) is 8.81. The lowest BCUT2D eigenvalue weighted by molar-refractivity contribution is 0.301. The van der Waals surface area contributed by atoms with Gasteiger partial charge in [0.15, 0.2) is 0 Å². The molecule has 0 saturated carbocycles. The predicted octanol–water partition coefficient (Wildman–Crippen LogP) is 3.26. The second-order valence-corrected chi connectivity index (χ2v) is 5.81. The van der Waals surface area contributed by atoms with Crippen molar-refractivity contribution in [2.45, 2.75) is 19.8 Å². The lowest BCUT2D eigenvalue weighted by atomic mass is 10.1. The van der Waals surface area contributed by atoms with Crippen LogP contribution in [0.4, 0.5) is 5.69 Å². The van der Waals surface area contributed by atoms with E-state index in [0.717, 1.165) is 30.6 Å². The van der Waals surface area contributed by atoms with Gasteiger partial charge < -0.3 is 19.5 Å². The van der Waals surface area contributed by atoms with Crippen molar-refractivity contribution in [1.29, 1.82) is 0 Å². The molecule has 2 rings (SSSR count). The van der Waals surface area contributed by atoms with Crippen molar-refractivity contribution in [3.05, 3.63) is 41.6 Å². The van der Waals surface area contributed by atoms with Crippen molar-refractivity contribution in [1.82, 2.24) is 9.97 Å². The summed E-state index contributed by atoms with van der Waals surface area (Å²) in [7, 11) is 3.09. The van der Waals surface area contributed by atoms with Crippen molar-refractivity contribution >= 4 is 17.8 Å². The molecule has 2 aromatic rings. The highest BCUT2D eigenvalue weighted by Gasteiger charge is 2.05. The molecule has 140 valence electrons. The van der Waals surface area contributed by atoms with E-state index in [1.165, 1.54) is 7.11 Å². The van der Waals surface area contributed by atoms with Crippen LogP contribution in [-0.2, 0) is 0 Å². The molecule has 0 aliphatic rings. The van der Waals surface area contributed by atoms with Crippen LogP contribution < -0.4 is 14.4 Å². The van der Waals surface area contributed by atoms with E-state index in [0.29, 0.717) is 18.1 Å². The van der Waals surface area contributed by atoms with Crippen LogP contribution in [-0.4, -0.2) is 49.0 Å². The Kier molecular flexibility index (Phi) is 7.89. The molecule has 26 heavy (non-hydrogen) atoms. The third-order valence-electron chi connectivity index (χ3n) is 3.95. The zero-order chi connectivity index (χ0) is 18.8. The number of unbranched alkanes of at least 4 members (excludes halogenated alkanes) is 1. The predicted molar refractivity (Wildman–Crippen MR) is 105 cm³/mol. The van der Waals surface area contributed by atoms with Crippen LogP contribution in [0, 0.1) is 0 Å². The Balaban J connectivity index is 2.11. The number of benzene rings is 1. The van der Waals surface area contributed by atoms with E-state index in [2.05, 4.69) is 46.1 Å². The summed E-state index contributed by atoms with van der Waals surface area (Å²) >= 11 is 0. The monoisotopic (exact) mass is 357 g/mol. The van der Waals surface area contributed by atoms with Gasteiger partial charge in [0.25, 0.3) is 0 Å². The molecule has 0 aliphatic heterocycles. The summed E-state index contributed by atoms with van der Waals surface area (Å²) in [5, 5.41) is 9.26. The maximum Gasteiger partial charge on any atom is 0.319 e. The Morgan fingerprint density at radius 3 is 2.42 bits per heavy atom. The van der Waals surface area contributed by atoms with E-state index < -0.39 is 0 Å². The van der Waals surface area contributed by atoms with Crippen molar-refractivity contribution in [3.8, 4) is 11.9 Å². The van der Waals surface area contributed by atoms with Crippen molar-refractivity contribution in [2.24, 2.45) is 0 Å². The number of ether oxygens (including phenoxy) is 2. The summed E-state index contributed by atoms with van der Waals surface area (Å²) in [6.07, 6.45) is 6.12. The van der Waals surface area contributed by atoms with Gasteiger partial charge in [0.2, 0.25) is 5.88 Å². The fraction of sp³-hybridized carbons (Fsp3) is 0.400. The van der Waals surface area contributed by atoms with Crippen molar-refractivity contribution in [3.63, 3.8) is 0 Å². The van der Waals surface area contributed by atoms with Crippen molar-refractivity contribution < 1.29 is 14.6 Å². The summed E-state index contributed by atoms with van der Waals surface area (Å²) in [4.78, 5) is 10.6. The molecule has 0 fully saturated rings. The zero-order valence-corrected chi connectivity index (χ0v) is 15.7. The van der Waals surface area contributed by atoms with Crippen LogP contribution >= 0.6 is 0 Å². The van der Waals surface area contributed by atoms with Crippen molar-refractivity contribution in [2.75, 3.05) is 38.8 Å². The van der Waals surface area contributed by atoms with Crippen LogP contribution in [0.3, 0.4) is 0 Å². The molecule has 6 nitrogen and oxygen atoms in total. The van der Waals surface area contributed by atoms with Gasteiger partial charge in [-0.1, -0.05) is 31.6 Å². The van der Waals surface area contributed by atoms with Gasteiger partial charge in [-0.2, -0.15) is 9.97 Å². The third kappa shape index (κ3) is 5.74. The second kappa shape index (κ2) is 10.4. The number of nitrogens with zero attached hydrogens (tertiary/aromatic N) is 3. The summed E-state index contributed by atoms with van der Waals surface area (Å²) in [5.74, 6) is 0.461. The Hall–Kier alpha value is -2.60. The van der Waals surface area contributed by atoms with Crippen LogP contribution in [0.25, 0.3) is 12.2 Å². The Morgan fingerprint density at radius 1 is 1.04 bits per heavy atom. The van der Waals surface area contributed by atoms with E-state index >= 15 is 0 Å². The molecule has 0 spiro atoms. The summed E-state index contributed by atoms with van der Waals surface area (Å²) in [6, 6.07) is 10.3. The van der Waals surface area contributed by atoms with Crippen LogP contribution in [0.2, 0.25) is 0 Å². The minimum Gasteiger partial charge on any atom is -0.481 e. The second-order valence-electron chi connectivity index (χ2n) is 5.81. The smallest absolute Gasteiger partial charge is 0.319 e. The lowest BCUT2D eigenvalue weighted by Gasteiger charge is -2.23. The number of rotatable bonds is 10. The fourth-order valence-electron chi connectivity index (χ4n) is 2.52. The number of aliphatic hydroxyl groups excluding tert-OH is 1. The highest BCUT2D eigenvalue weighted by atomic mass is 16.5. The Labute approximate surface area is 155 Å². The first-order valence-corrected chi connectivity index (χ1v) is 8.81. The Morgan fingerprint density at radius 2 is 1.81 bits per heavy atom. The van der Waals surface area contributed by atoms with Gasteiger partial charge in [-0.25, -0.2) is 0 Å². The standard InChI is InChI=1S/C20H27N3O3/c1-4-5-12-23(13-14-24)18-10-7-16(8-11-18)6-9-17-15-19(25-2)22-20(21-17)26-3/h6-11,15,24H,4-5,12-14H2,1-3H3/b9-6+. The number of anilines is 1. The Bertz CT molecular complexity index is 680. The molecule has 0 radical (unpaired) electrons. The summed E-state index contributed by atoms with van der Waals surface area (Å²) in [6.45, 7) is 3.92. The molecule has 6 heteroatoms. The summed E-state index contributed by atoms with van der Waals surface area (Å²) in [5.41, 5.74) is 2.89. The molecular formula is C20H27N3O3. The average Bonchev–Trinajstić information content (AvgIpc) is 2.69. The molecule has 0 aliphatic carbocycles. The average molecular weight is 357 g/mol. The van der Waals surface area contributed by atoms with Gasteiger partial charge >= 0.3 is 6.01 Å². The maximum absolute atomic E-state index is 9.26. The highest BCUT2D eigenvalue weighted by molar-refractivity contribution is 5.69. The van der Waals surface area contributed by atoms with Gasteiger partial charge in [0.1, 0.15) is 0 Å². The van der Waals surface area contributed by atoms with E-state index in [1.807, 2.05) is 12.2 Å². The van der Waals surface area contributed by atoms with E-state index in [9.17, 15) is 5.11 Å². The topological polar surface area (TPSA) is 67.7 Å². The van der Waals surface area contributed by atoms with Crippen LogP contribution in [0.5, 0.6) is 11.9 Å². The summed E-state index contributed by atoms with van der Waals surface area (Å²) < 4.78 is 10.2. The molecule has 0 saturated heterocycles. The van der Waals surface area contributed by atoms with Gasteiger partial charge in [0, 0.05) is 24.8 Å². The number of hydrogen-bond donors (Lipinski definition) is 1. The normalized spacial score (nSPS) is 10.9. The van der Waals surface area contributed by atoms with Gasteiger partial charge in [-0.3, -0.25) is 0 Å². The fourth-order valence-corrected chi connectivity index (χ4v) is 2.52. The molecule has 0 bridgehead atoms.